The highest BCUT2D eigenvalue weighted by atomic mass is 16.4. The van der Waals surface area contributed by atoms with E-state index in [1.54, 1.807) is 6.92 Å². The number of carboxylic acids is 1. The Hall–Kier alpha value is -1.31. The lowest BCUT2D eigenvalue weighted by Gasteiger charge is -2.58. The molecule has 0 amide bonds. The number of fused-ring (bicyclic) bond motifs is 5. The van der Waals surface area contributed by atoms with Gasteiger partial charge < -0.3 is 5.11 Å². The van der Waals surface area contributed by atoms with Crippen LogP contribution in [0.4, 0.5) is 0 Å². The third-order valence-corrected chi connectivity index (χ3v) is 10.4. The van der Waals surface area contributed by atoms with E-state index in [0.717, 1.165) is 48.0 Å². The van der Waals surface area contributed by atoms with Crippen LogP contribution in [0.15, 0.2) is 35.5 Å². The summed E-state index contributed by atoms with van der Waals surface area (Å²) < 4.78 is 0. The first-order chi connectivity index (χ1) is 14.2. The Morgan fingerprint density at radius 3 is 2.53 bits per heavy atom. The Bertz CT molecular complexity index is 774. The Morgan fingerprint density at radius 2 is 1.80 bits per heavy atom. The molecule has 8 atom stereocenters. The average Bonchev–Trinajstić information content (AvgIpc) is 3.07. The number of aliphatic carboxylic acids is 1. The SMILES string of the molecule is CC(CC[C@@H](C)[C@H]1CC[C@H]2[C@@H]3C=CC4CC=CC[C@]4(C)[C@H]3CC[C@]12C)=C(C)C(=O)O. The van der Waals surface area contributed by atoms with Crippen molar-refractivity contribution in [1.29, 1.82) is 0 Å². The summed E-state index contributed by atoms with van der Waals surface area (Å²) in [4.78, 5) is 11.3. The van der Waals surface area contributed by atoms with Crippen molar-refractivity contribution in [1.82, 2.24) is 0 Å². The molecule has 2 fully saturated rings. The van der Waals surface area contributed by atoms with E-state index in [9.17, 15) is 9.90 Å². The third kappa shape index (κ3) is 3.43. The van der Waals surface area contributed by atoms with Crippen LogP contribution in [0.1, 0.15) is 86.0 Å². The van der Waals surface area contributed by atoms with Gasteiger partial charge in [-0.05, 0) is 112 Å². The summed E-state index contributed by atoms with van der Waals surface area (Å²) in [5.41, 5.74) is 2.51. The van der Waals surface area contributed by atoms with Gasteiger partial charge in [0.1, 0.15) is 0 Å². The number of carbonyl (C=O) groups is 1. The maximum absolute atomic E-state index is 11.3. The molecule has 2 nitrogen and oxygen atoms in total. The van der Waals surface area contributed by atoms with Gasteiger partial charge in [0.15, 0.2) is 0 Å². The first-order valence-corrected chi connectivity index (χ1v) is 12.4. The van der Waals surface area contributed by atoms with Crippen LogP contribution in [-0.2, 0) is 4.79 Å². The van der Waals surface area contributed by atoms with Crippen LogP contribution in [0.5, 0.6) is 0 Å². The van der Waals surface area contributed by atoms with Crippen LogP contribution >= 0.6 is 0 Å². The number of hydrogen-bond donors (Lipinski definition) is 1. The lowest BCUT2D eigenvalue weighted by molar-refractivity contribution is -0.132. The lowest BCUT2D eigenvalue weighted by Crippen LogP contribution is -2.50. The molecule has 2 saturated carbocycles. The van der Waals surface area contributed by atoms with Crippen molar-refractivity contribution < 1.29 is 9.90 Å². The minimum atomic E-state index is -0.764. The molecule has 0 saturated heterocycles. The number of carboxylic acid groups (broad SMARTS) is 1. The Kier molecular flexibility index (Phi) is 5.83. The minimum absolute atomic E-state index is 0.456. The topological polar surface area (TPSA) is 37.3 Å². The number of rotatable bonds is 5. The highest BCUT2D eigenvalue weighted by Gasteiger charge is 2.58. The van der Waals surface area contributed by atoms with Crippen molar-refractivity contribution in [2.75, 3.05) is 0 Å². The van der Waals surface area contributed by atoms with E-state index in [-0.39, 0.29) is 0 Å². The Labute approximate surface area is 183 Å². The fourth-order valence-electron chi connectivity index (χ4n) is 8.21. The summed E-state index contributed by atoms with van der Waals surface area (Å²) in [5, 5.41) is 9.27. The fourth-order valence-corrected chi connectivity index (χ4v) is 8.21. The Balaban J connectivity index is 1.49. The average molecular weight is 411 g/mol. The molecular weight excluding hydrogens is 368 g/mol. The third-order valence-electron chi connectivity index (χ3n) is 10.4. The van der Waals surface area contributed by atoms with Crippen LogP contribution in [0.25, 0.3) is 0 Å². The quantitative estimate of drug-likeness (QED) is 0.378. The number of hydrogen-bond acceptors (Lipinski definition) is 1. The van der Waals surface area contributed by atoms with Gasteiger partial charge in [-0.2, -0.15) is 0 Å². The molecule has 2 heteroatoms. The van der Waals surface area contributed by atoms with E-state index >= 15 is 0 Å². The van der Waals surface area contributed by atoms with Crippen LogP contribution < -0.4 is 0 Å². The second kappa shape index (κ2) is 7.99. The van der Waals surface area contributed by atoms with E-state index < -0.39 is 5.97 Å². The van der Waals surface area contributed by atoms with Gasteiger partial charge in [-0.25, -0.2) is 4.79 Å². The highest BCUT2D eigenvalue weighted by Crippen LogP contribution is 2.66. The van der Waals surface area contributed by atoms with Gasteiger partial charge >= 0.3 is 5.97 Å². The van der Waals surface area contributed by atoms with Crippen LogP contribution in [0.2, 0.25) is 0 Å². The maximum Gasteiger partial charge on any atom is 0.331 e. The predicted molar refractivity (Wildman–Crippen MR) is 124 cm³/mol. The zero-order valence-electron chi connectivity index (χ0n) is 19.8. The summed E-state index contributed by atoms with van der Waals surface area (Å²) >= 11 is 0. The van der Waals surface area contributed by atoms with Gasteiger partial charge in [-0.15, -0.1) is 0 Å². The van der Waals surface area contributed by atoms with E-state index in [1.165, 1.54) is 38.5 Å². The molecule has 0 bridgehead atoms. The van der Waals surface area contributed by atoms with Gasteiger partial charge in [0.2, 0.25) is 0 Å². The summed E-state index contributed by atoms with van der Waals surface area (Å²) in [6.45, 7) is 11.4. The van der Waals surface area contributed by atoms with Crippen molar-refractivity contribution in [3.8, 4) is 0 Å². The standard InChI is InChI=1S/C28H42O2/c1-18(20(3)26(29)30)9-10-19(2)23-13-14-24-22-12-11-21-8-6-7-16-27(21,4)25(22)15-17-28(23,24)5/h6-7,11-12,19,21-25H,8-10,13-17H2,1-5H3,(H,29,30)/t19-,21?,22+,23-,24+,25+,27+,28-/m1/s1. The second-order valence-electron chi connectivity index (χ2n) is 11.7. The molecule has 1 N–H and O–H groups in total. The summed E-state index contributed by atoms with van der Waals surface area (Å²) in [7, 11) is 0. The van der Waals surface area contributed by atoms with Gasteiger partial charge in [-0.3, -0.25) is 0 Å². The summed E-state index contributed by atoms with van der Waals surface area (Å²) in [5.74, 6) is 3.89. The Morgan fingerprint density at radius 1 is 1.07 bits per heavy atom. The fraction of sp³-hybridized carbons (Fsp3) is 0.750. The van der Waals surface area contributed by atoms with Crippen LogP contribution in [0, 0.1) is 46.3 Å². The largest absolute Gasteiger partial charge is 0.478 e. The molecule has 4 rings (SSSR count). The van der Waals surface area contributed by atoms with Crippen molar-refractivity contribution in [2.45, 2.75) is 86.0 Å². The molecule has 30 heavy (non-hydrogen) atoms. The van der Waals surface area contributed by atoms with Crippen molar-refractivity contribution in [3.63, 3.8) is 0 Å². The van der Waals surface area contributed by atoms with Gasteiger partial charge in [-0.1, -0.05) is 50.6 Å². The molecule has 4 aliphatic carbocycles. The maximum atomic E-state index is 11.3. The first kappa shape index (κ1) is 21.9. The smallest absolute Gasteiger partial charge is 0.331 e. The minimum Gasteiger partial charge on any atom is -0.478 e. The molecule has 0 spiro atoms. The zero-order chi connectivity index (χ0) is 21.7. The van der Waals surface area contributed by atoms with E-state index in [2.05, 4.69) is 45.1 Å². The summed E-state index contributed by atoms with van der Waals surface area (Å²) in [6.07, 6.45) is 20.2. The lowest BCUT2D eigenvalue weighted by atomic mass is 9.47. The van der Waals surface area contributed by atoms with Crippen molar-refractivity contribution >= 4 is 5.97 Å². The van der Waals surface area contributed by atoms with Gasteiger partial charge in [0, 0.05) is 5.57 Å². The van der Waals surface area contributed by atoms with Crippen LogP contribution in [0.3, 0.4) is 0 Å². The van der Waals surface area contributed by atoms with Crippen LogP contribution in [-0.4, -0.2) is 11.1 Å². The monoisotopic (exact) mass is 410 g/mol. The van der Waals surface area contributed by atoms with E-state index in [4.69, 9.17) is 0 Å². The molecule has 0 aromatic heterocycles. The van der Waals surface area contributed by atoms with Crippen molar-refractivity contribution in [2.24, 2.45) is 46.3 Å². The van der Waals surface area contributed by atoms with Crippen molar-refractivity contribution in [3.05, 3.63) is 35.5 Å². The van der Waals surface area contributed by atoms with Gasteiger partial charge in [0.25, 0.3) is 0 Å². The molecule has 0 aliphatic heterocycles. The zero-order valence-corrected chi connectivity index (χ0v) is 19.8. The molecule has 0 aromatic carbocycles. The van der Waals surface area contributed by atoms with E-state index in [0.29, 0.717) is 22.3 Å². The first-order valence-electron chi connectivity index (χ1n) is 12.4. The highest BCUT2D eigenvalue weighted by molar-refractivity contribution is 5.86. The molecule has 4 aliphatic rings. The molecule has 0 aromatic rings. The normalized spacial score (nSPS) is 44.0. The molecule has 0 heterocycles. The molecule has 1 unspecified atom stereocenters. The number of allylic oxidation sites excluding steroid dienone is 5. The molecular formula is C28H42O2. The van der Waals surface area contributed by atoms with Gasteiger partial charge in [0.05, 0.1) is 0 Å². The predicted octanol–water partition coefficient (Wildman–Crippen LogP) is 7.42. The molecule has 0 radical (unpaired) electrons. The second-order valence-corrected chi connectivity index (χ2v) is 11.7. The van der Waals surface area contributed by atoms with E-state index in [1.807, 2.05) is 6.92 Å². The summed E-state index contributed by atoms with van der Waals surface area (Å²) in [6, 6.07) is 0. The molecule has 166 valence electrons.